The first-order valence-electron chi connectivity index (χ1n) is 8.93. The van der Waals surface area contributed by atoms with Crippen molar-refractivity contribution in [3.63, 3.8) is 0 Å². The van der Waals surface area contributed by atoms with Crippen LogP contribution in [0.1, 0.15) is 33.6 Å². The Bertz CT molecular complexity index is 794. The number of nitrogens with zero attached hydrogens (tertiary/aromatic N) is 3. The maximum Gasteiger partial charge on any atom is 0.270 e. The molecule has 0 unspecified atom stereocenters. The van der Waals surface area contributed by atoms with Crippen LogP contribution >= 0.6 is 0 Å². The van der Waals surface area contributed by atoms with Crippen LogP contribution in [0.2, 0.25) is 0 Å². The number of benzene rings is 1. The van der Waals surface area contributed by atoms with Crippen LogP contribution in [-0.2, 0) is 12.8 Å². The molecule has 1 aliphatic heterocycles. The highest BCUT2D eigenvalue weighted by Gasteiger charge is 2.29. The van der Waals surface area contributed by atoms with E-state index in [1.807, 2.05) is 4.90 Å². The van der Waals surface area contributed by atoms with Crippen molar-refractivity contribution < 1.29 is 4.79 Å². The summed E-state index contributed by atoms with van der Waals surface area (Å²) in [5.74, 6) is -0.00180. The first kappa shape index (κ1) is 15.9. The SMILES string of the molecule is N#Cc1c[nH]c(C(=O)N2CCCN(C3Cc4ccccc4C3)CC2)c1. The molecular formula is C20H22N4O. The standard InChI is InChI=1S/C20H22N4O/c21-13-15-10-19(22-14-15)20(25)24-7-3-6-23(8-9-24)18-11-16-4-1-2-5-17(16)12-18/h1-2,4-5,10,14,18,22H,3,6-9,11-12H2. The first-order chi connectivity index (χ1) is 12.2. The number of amides is 1. The van der Waals surface area contributed by atoms with E-state index in [4.69, 9.17) is 5.26 Å². The Labute approximate surface area is 147 Å². The number of nitriles is 1. The molecule has 0 saturated carbocycles. The molecule has 5 heteroatoms. The number of carbonyl (C=O) groups is 1. The van der Waals surface area contributed by atoms with E-state index >= 15 is 0 Å². The number of carbonyl (C=O) groups excluding carboxylic acids is 1. The third-order valence-corrected chi connectivity index (χ3v) is 5.41. The van der Waals surface area contributed by atoms with E-state index in [-0.39, 0.29) is 5.91 Å². The number of rotatable bonds is 2. The van der Waals surface area contributed by atoms with E-state index in [1.54, 1.807) is 12.3 Å². The topological polar surface area (TPSA) is 63.1 Å². The third-order valence-electron chi connectivity index (χ3n) is 5.41. The van der Waals surface area contributed by atoms with Gasteiger partial charge in [0.1, 0.15) is 11.8 Å². The molecule has 1 N–H and O–H groups in total. The third kappa shape index (κ3) is 3.18. The number of nitrogens with one attached hydrogen (secondary N) is 1. The Balaban J connectivity index is 1.39. The van der Waals surface area contributed by atoms with Crippen LogP contribution in [-0.4, -0.2) is 52.9 Å². The molecular weight excluding hydrogens is 312 g/mol. The Morgan fingerprint density at radius 1 is 1.12 bits per heavy atom. The quantitative estimate of drug-likeness (QED) is 0.916. The molecule has 1 aromatic carbocycles. The summed E-state index contributed by atoms with van der Waals surface area (Å²) in [6.07, 6.45) is 4.82. The fraction of sp³-hybridized carbons (Fsp3) is 0.400. The average Bonchev–Trinajstić information content (AvgIpc) is 3.22. The van der Waals surface area contributed by atoms with E-state index in [9.17, 15) is 4.79 Å². The molecule has 0 bridgehead atoms. The summed E-state index contributed by atoms with van der Waals surface area (Å²) in [5, 5.41) is 8.92. The molecule has 1 amide bonds. The van der Waals surface area contributed by atoms with Crippen molar-refractivity contribution in [2.75, 3.05) is 26.2 Å². The van der Waals surface area contributed by atoms with Crippen LogP contribution in [0.15, 0.2) is 36.5 Å². The van der Waals surface area contributed by atoms with E-state index in [0.717, 1.165) is 45.4 Å². The zero-order valence-electron chi connectivity index (χ0n) is 14.2. The minimum absolute atomic E-state index is 0.00180. The minimum atomic E-state index is -0.00180. The lowest BCUT2D eigenvalue weighted by atomic mass is 10.1. The van der Waals surface area contributed by atoms with Gasteiger partial charge in [-0.3, -0.25) is 9.69 Å². The van der Waals surface area contributed by atoms with Gasteiger partial charge in [-0.2, -0.15) is 5.26 Å². The maximum absolute atomic E-state index is 12.7. The maximum atomic E-state index is 12.7. The van der Waals surface area contributed by atoms with Gasteiger partial charge in [0.2, 0.25) is 0 Å². The highest BCUT2D eigenvalue weighted by atomic mass is 16.2. The normalized spacial score (nSPS) is 18.6. The van der Waals surface area contributed by atoms with Crippen molar-refractivity contribution in [3.8, 4) is 6.07 Å². The van der Waals surface area contributed by atoms with Gasteiger partial charge in [0.25, 0.3) is 5.91 Å². The first-order valence-corrected chi connectivity index (χ1v) is 8.93. The number of fused-ring (bicyclic) bond motifs is 1. The summed E-state index contributed by atoms with van der Waals surface area (Å²) in [4.78, 5) is 20.0. The van der Waals surface area contributed by atoms with E-state index in [2.05, 4.69) is 40.2 Å². The molecule has 0 atom stereocenters. The molecule has 4 rings (SSSR count). The molecule has 5 nitrogen and oxygen atoms in total. The smallest absolute Gasteiger partial charge is 0.270 e. The van der Waals surface area contributed by atoms with Crippen LogP contribution in [0.4, 0.5) is 0 Å². The fourth-order valence-corrected chi connectivity index (χ4v) is 4.05. The molecule has 1 aliphatic carbocycles. The van der Waals surface area contributed by atoms with Gasteiger partial charge in [-0.15, -0.1) is 0 Å². The minimum Gasteiger partial charge on any atom is -0.356 e. The van der Waals surface area contributed by atoms with Crippen LogP contribution in [0.3, 0.4) is 0 Å². The van der Waals surface area contributed by atoms with Gasteiger partial charge in [0.05, 0.1) is 5.56 Å². The second kappa shape index (κ2) is 6.73. The van der Waals surface area contributed by atoms with Gasteiger partial charge < -0.3 is 9.88 Å². The zero-order chi connectivity index (χ0) is 17.2. The van der Waals surface area contributed by atoms with Crippen LogP contribution in [0.25, 0.3) is 0 Å². The van der Waals surface area contributed by atoms with Gasteiger partial charge in [-0.05, 0) is 36.5 Å². The predicted octanol–water partition coefficient (Wildman–Crippen LogP) is 2.20. The summed E-state index contributed by atoms with van der Waals surface area (Å²) >= 11 is 0. The summed E-state index contributed by atoms with van der Waals surface area (Å²) in [7, 11) is 0. The van der Waals surface area contributed by atoms with Crippen LogP contribution in [0.5, 0.6) is 0 Å². The molecule has 2 aromatic rings. The number of hydrogen-bond acceptors (Lipinski definition) is 3. The Morgan fingerprint density at radius 3 is 2.56 bits per heavy atom. The summed E-state index contributed by atoms with van der Waals surface area (Å²) in [6, 6.07) is 13.0. The number of H-pyrrole nitrogens is 1. The van der Waals surface area contributed by atoms with Crippen molar-refractivity contribution >= 4 is 5.91 Å². The second-order valence-electron chi connectivity index (χ2n) is 6.93. The molecule has 1 saturated heterocycles. The molecule has 1 fully saturated rings. The second-order valence-corrected chi connectivity index (χ2v) is 6.93. The molecule has 25 heavy (non-hydrogen) atoms. The van der Waals surface area contributed by atoms with E-state index < -0.39 is 0 Å². The number of hydrogen-bond donors (Lipinski definition) is 1. The number of aromatic nitrogens is 1. The van der Waals surface area contributed by atoms with Gasteiger partial charge >= 0.3 is 0 Å². The summed E-state index contributed by atoms with van der Waals surface area (Å²) in [5.41, 5.74) is 3.96. The van der Waals surface area contributed by atoms with Crippen molar-refractivity contribution in [3.05, 3.63) is 58.9 Å². The van der Waals surface area contributed by atoms with Crippen molar-refractivity contribution in [1.29, 1.82) is 5.26 Å². The van der Waals surface area contributed by atoms with Crippen LogP contribution in [0, 0.1) is 11.3 Å². The zero-order valence-corrected chi connectivity index (χ0v) is 14.2. The monoisotopic (exact) mass is 334 g/mol. The van der Waals surface area contributed by atoms with Crippen molar-refractivity contribution in [2.24, 2.45) is 0 Å². The lowest BCUT2D eigenvalue weighted by molar-refractivity contribution is 0.0753. The van der Waals surface area contributed by atoms with Crippen molar-refractivity contribution in [1.82, 2.24) is 14.8 Å². The van der Waals surface area contributed by atoms with Crippen molar-refractivity contribution in [2.45, 2.75) is 25.3 Å². The van der Waals surface area contributed by atoms with Gasteiger partial charge in [0, 0.05) is 38.4 Å². The highest BCUT2D eigenvalue weighted by molar-refractivity contribution is 5.92. The number of aromatic amines is 1. The lowest BCUT2D eigenvalue weighted by Gasteiger charge is -2.27. The van der Waals surface area contributed by atoms with Crippen LogP contribution < -0.4 is 0 Å². The Morgan fingerprint density at radius 2 is 1.88 bits per heavy atom. The molecule has 0 radical (unpaired) electrons. The molecule has 2 heterocycles. The molecule has 0 spiro atoms. The molecule has 1 aromatic heterocycles. The predicted molar refractivity (Wildman–Crippen MR) is 95.2 cm³/mol. The summed E-state index contributed by atoms with van der Waals surface area (Å²) < 4.78 is 0. The highest BCUT2D eigenvalue weighted by Crippen LogP contribution is 2.26. The summed E-state index contributed by atoms with van der Waals surface area (Å²) in [6.45, 7) is 3.47. The van der Waals surface area contributed by atoms with E-state index in [0.29, 0.717) is 17.3 Å². The van der Waals surface area contributed by atoms with Gasteiger partial charge in [-0.25, -0.2) is 0 Å². The fourth-order valence-electron chi connectivity index (χ4n) is 4.05. The Kier molecular flexibility index (Phi) is 4.29. The molecule has 128 valence electrons. The van der Waals surface area contributed by atoms with Gasteiger partial charge in [-0.1, -0.05) is 24.3 Å². The molecule has 2 aliphatic rings. The average molecular weight is 334 g/mol. The Hall–Kier alpha value is -2.58. The van der Waals surface area contributed by atoms with E-state index in [1.165, 1.54) is 11.1 Å². The lowest BCUT2D eigenvalue weighted by Crippen LogP contribution is -2.40. The largest absolute Gasteiger partial charge is 0.356 e. The van der Waals surface area contributed by atoms with Gasteiger partial charge in [0.15, 0.2) is 0 Å².